The average Bonchev–Trinajstić information content (AvgIpc) is 3.64. The van der Waals surface area contributed by atoms with Crippen molar-refractivity contribution in [3.63, 3.8) is 0 Å². The highest BCUT2D eigenvalue weighted by molar-refractivity contribution is 6.10. The van der Waals surface area contributed by atoms with Crippen molar-refractivity contribution in [1.29, 1.82) is 0 Å². The Bertz CT molecular complexity index is 1180. The number of carbonyl (C=O) groups is 1. The fourth-order valence-corrected chi connectivity index (χ4v) is 4.94. The summed E-state index contributed by atoms with van der Waals surface area (Å²) in [5, 5.41) is 4.51. The molecule has 5 rings (SSSR count). The number of hydrogen-bond acceptors (Lipinski definition) is 4. The van der Waals surface area contributed by atoms with Gasteiger partial charge in [0.25, 0.3) is 0 Å². The van der Waals surface area contributed by atoms with Crippen molar-refractivity contribution in [3.05, 3.63) is 59.8 Å². The normalized spacial score (nSPS) is 20.9. The predicted octanol–water partition coefficient (Wildman–Crippen LogP) is 6.06. The molecular weight excluding hydrogens is 420 g/mol. The van der Waals surface area contributed by atoms with Crippen molar-refractivity contribution in [1.82, 2.24) is 9.88 Å². The lowest BCUT2D eigenvalue weighted by molar-refractivity contribution is 0.0968. The summed E-state index contributed by atoms with van der Waals surface area (Å²) in [4.78, 5) is 20.0. The Labute approximate surface area is 193 Å². The molecule has 1 aromatic heterocycles. The largest absolute Gasteiger partial charge is 0.381 e. The molecule has 6 heteroatoms. The number of Topliss-reactive ketones (excluding diaryl/α,β-unsaturated/α-hetero) is 1. The van der Waals surface area contributed by atoms with Gasteiger partial charge in [0.2, 0.25) is 0 Å². The molecule has 2 saturated carbocycles. The molecule has 4 nitrogen and oxygen atoms in total. The number of halogens is 2. The molecule has 2 aliphatic rings. The maximum absolute atomic E-state index is 13.9. The molecule has 1 N–H and O–H groups in total. The van der Waals surface area contributed by atoms with Gasteiger partial charge in [-0.2, -0.15) is 0 Å². The van der Waals surface area contributed by atoms with Gasteiger partial charge in [0.15, 0.2) is 5.78 Å². The van der Waals surface area contributed by atoms with Gasteiger partial charge < -0.3 is 10.2 Å². The van der Waals surface area contributed by atoms with E-state index in [1.165, 1.54) is 12.1 Å². The Balaban J connectivity index is 1.56. The lowest BCUT2D eigenvalue weighted by Crippen LogP contribution is -2.36. The van der Waals surface area contributed by atoms with Crippen LogP contribution in [0.5, 0.6) is 0 Å². The maximum atomic E-state index is 13.9. The first-order valence-corrected chi connectivity index (χ1v) is 11.8. The van der Waals surface area contributed by atoms with Crippen LogP contribution in [0.15, 0.2) is 42.6 Å². The molecule has 2 aliphatic carbocycles. The van der Waals surface area contributed by atoms with Crippen LogP contribution in [0, 0.1) is 17.6 Å². The summed E-state index contributed by atoms with van der Waals surface area (Å²) in [7, 11) is 4.25. The van der Waals surface area contributed by atoms with Crippen molar-refractivity contribution in [2.45, 2.75) is 50.6 Å². The molecule has 3 aromatic rings. The zero-order valence-corrected chi connectivity index (χ0v) is 19.1. The number of carbonyl (C=O) groups excluding carboxylic acids is 1. The van der Waals surface area contributed by atoms with Gasteiger partial charge in [-0.05, 0) is 88.0 Å². The number of fused-ring (bicyclic) bond motifs is 1. The Hall–Kier alpha value is -2.86. The highest BCUT2D eigenvalue weighted by Gasteiger charge is 2.33. The van der Waals surface area contributed by atoms with Gasteiger partial charge in [0.05, 0.1) is 16.8 Å². The first kappa shape index (κ1) is 22.0. The SMILES string of the molecule is CN(C)C1CCC(Nc2c(C(=O)C3CC3)cnc3ccc(-c4cc(F)cc(F)c4)cc23)CC1. The Morgan fingerprint density at radius 2 is 1.64 bits per heavy atom. The predicted molar refractivity (Wildman–Crippen MR) is 128 cm³/mol. The highest BCUT2D eigenvalue weighted by Crippen LogP contribution is 2.38. The molecule has 0 atom stereocenters. The van der Waals surface area contributed by atoms with E-state index in [2.05, 4.69) is 29.3 Å². The van der Waals surface area contributed by atoms with E-state index >= 15 is 0 Å². The van der Waals surface area contributed by atoms with E-state index in [1.807, 2.05) is 18.2 Å². The molecular formula is C27H29F2N3O. The first-order valence-electron chi connectivity index (χ1n) is 11.8. The van der Waals surface area contributed by atoms with Crippen LogP contribution in [-0.2, 0) is 0 Å². The van der Waals surface area contributed by atoms with Gasteiger partial charge in [-0.25, -0.2) is 8.78 Å². The van der Waals surface area contributed by atoms with Crippen LogP contribution >= 0.6 is 0 Å². The van der Waals surface area contributed by atoms with Crippen LogP contribution in [0.3, 0.4) is 0 Å². The minimum atomic E-state index is -0.614. The van der Waals surface area contributed by atoms with E-state index in [1.54, 1.807) is 6.20 Å². The van der Waals surface area contributed by atoms with E-state index < -0.39 is 11.6 Å². The summed E-state index contributed by atoms with van der Waals surface area (Å²) in [6.07, 6.45) is 7.80. The fraction of sp³-hybridized carbons (Fsp3) is 0.407. The molecule has 0 aliphatic heterocycles. The third-order valence-electron chi connectivity index (χ3n) is 7.05. The third kappa shape index (κ3) is 4.62. The highest BCUT2D eigenvalue weighted by atomic mass is 19.1. The van der Waals surface area contributed by atoms with Crippen molar-refractivity contribution in [3.8, 4) is 11.1 Å². The van der Waals surface area contributed by atoms with Crippen molar-refractivity contribution in [2.24, 2.45) is 5.92 Å². The zero-order valence-electron chi connectivity index (χ0n) is 19.1. The Morgan fingerprint density at radius 1 is 0.939 bits per heavy atom. The van der Waals surface area contributed by atoms with Crippen LogP contribution in [0.4, 0.5) is 14.5 Å². The fourth-order valence-electron chi connectivity index (χ4n) is 4.94. The first-order chi connectivity index (χ1) is 15.9. The lowest BCUT2D eigenvalue weighted by atomic mass is 9.89. The molecule has 0 saturated heterocycles. The number of rotatable bonds is 6. The van der Waals surface area contributed by atoms with Gasteiger partial charge in [-0.1, -0.05) is 6.07 Å². The summed E-state index contributed by atoms with van der Waals surface area (Å²) in [6, 6.07) is 9.94. The van der Waals surface area contributed by atoms with Gasteiger partial charge in [0, 0.05) is 35.7 Å². The van der Waals surface area contributed by atoms with Gasteiger partial charge >= 0.3 is 0 Å². The second-order valence-electron chi connectivity index (χ2n) is 9.69. The molecule has 0 radical (unpaired) electrons. The van der Waals surface area contributed by atoms with Crippen LogP contribution < -0.4 is 5.32 Å². The Kier molecular flexibility index (Phi) is 5.87. The van der Waals surface area contributed by atoms with Gasteiger partial charge in [-0.3, -0.25) is 9.78 Å². The summed E-state index contributed by atoms with van der Waals surface area (Å²) in [5.41, 5.74) is 3.35. The van der Waals surface area contributed by atoms with E-state index in [-0.39, 0.29) is 17.7 Å². The van der Waals surface area contributed by atoms with E-state index in [0.717, 1.165) is 61.2 Å². The zero-order chi connectivity index (χ0) is 23.1. The number of pyridine rings is 1. The van der Waals surface area contributed by atoms with E-state index in [9.17, 15) is 13.6 Å². The molecule has 0 unspecified atom stereocenters. The van der Waals surface area contributed by atoms with Crippen LogP contribution in [0.1, 0.15) is 48.9 Å². The molecule has 2 fully saturated rings. The molecule has 0 amide bonds. The van der Waals surface area contributed by atoms with E-state index in [0.29, 0.717) is 22.7 Å². The summed E-state index contributed by atoms with van der Waals surface area (Å²) in [5.74, 6) is -1.01. The average molecular weight is 450 g/mol. The number of aromatic nitrogens is 1. The Morgan fingerprint density at radius 3 is 2.27 bits per heavy atom. The van der Waals surface area contributed by atoms with Crippen LogP contribution in [0.25, 0.3) is 22.0 Å². The number of nitrogens with zero attached hydrogens (tertiary/aromatic N) is 2. The molecule has 33 heavy (non-hydrogen) atoms. The van der Waals surface area contributed by atoms with Crippen molar-refractivity contribution in [2.75, 3.05) is 19.4 Å². The van der Waals surface area contributed by atoms with Gasteiger partial charge in [-0.15, -0.1) is 0 Å². The molecule has 2 aromatic carbocycles. The number of ketones is 1. The summed E-state index contributed by atoms with van der Waals surface area (Å²) < 4.78 is 27.7. The molecule has 172 valence electrons. The monoisotopic (exact) mass is 449 g/mol. The second-order valence-corrected chi connectivity index (χ2v) is 9.69. The second kappa shape index (κ2) is 8.82. The molecule has 0 spiro atoms. The number of nitrogens with one attached hydrogen (secondary N) is 1. The number of benzene rings is 2. The van der Waals surface area contributed by atoms with E-state index in [4.69, 9.17) is 0 Å². The standard InChI is InChI=1S/C27H29F2N3O/c1-32(2)22-8-6-21(7-9-22)31-26-23-13-17(18-11-19(28)14-20(29)12-18)5-10-25(23)30-15-24(26)27(33)16-3-4-16/h5,10-16,21-22H,3-4,6-9H2,1-2H3,(H,30,31). The maximum Gasteiger partial charge on any atom is 0.169 e. The molecule has 1 heterocycles. The lowest BCUT2D eigenvalue weighted by Gasteiger charge is -2.34. The minimum Gasteiger partial charge on any atom is -0.381 e. The smallest absolute Gasteiger partial charge is 0.169 e. The van der Waals surface area contributed by atoms with Crippen molar-refractivity contribution >= 4 is 22.4 Å². The molecule has 0 bridgehead atoms. The third-order valence-corrected chi connectivity index (χ3v) is 7.05. The topological polar surface area (TPSA) is 45.2 Å². The summed E-state index contributed by atoms with van der Waals surface area (Å²) >= 11 is 0. The van der Waals surface area contributed by atoms with Crippen molar-refractivity contribution < 1.29 is 13.6 Å². The quantitative estimate of drug-likeness (QED) is 0.465. The minimum absolute atomic E-state index is 0.0785. The van der Waals surface area contributed by atoms with Crippen LogP contribution in [-0.4, -0.2) is 41.8 Å². The summed E-state index contributed by atoms with van der Waals surface area (Å²) in [6.45, 7) is 0. The number of anilines is 1. The number of hydrogen-bond donors (Lipinski definition) is 1. The van der Waals surface area contributed by atoms with Gasteiger partial charge in [0.1, 0.15) is 11.6 Å². The van der Waals surface area contributed by atoms with Crippen LogP contribution in [0.2, 0.25) is 0 Å².